The zero-order valence-electron chi connectivity index (χ0n) is 16.4. The van der Waals surface area contributed by atoms with E-state index in [0.29, 0.717) is 18.0 Å². The Morgan fingerprint density at radius 3 is 2.71 bits per heavy atom. The number of hydrogen-bond donors (Lipinski definition) is 1. The molecular weight excluding hydrogens is 352 g/mol. The minimum absolute atomic E-state index is 0.0418. The first-order chi connectivity index (χ1) is 13.6. The van der Waals surface area contributed by atoms with Gasteiger partial charge in [-0.2, -0.15) is 0 Å². The number of benzene rings is 2. The van der Waals surface area contributed by atoms with E-state index in [9.17, 15) is 4.79 Å². The van der Waals surface area contributed by atoms with Gasteiger partial charge in [0.25, 0.3) is 5.91 Å². The molecular formula is C23H24N2O3. The fraction of sp³-hybridized carbons (Fsp3) is 0.217. The summed E-state index contributed by atoms with van der Waals surface area (Å²) in [6.45, 7) is 4.47. The maximum atomic E-state index is 11.6. The molecule has 0 spiro atoms. The highest BCUT2D eigenvalue weighted by molar-refractivity contribution is 5.81. The molecule has 0 atom stereocenters. The van der Waals surface area contributed by atoms with Crippen LogP contribution in [-0.4, -0.2) is 31.2 Å². The summed E-state index contributed by atoms with van der Waals surface area (Å²) in [7, 11) is 1.58. The second kappa shape index (κ2) is 9.04. The third-order valence-corrected chi connectivity index (χ3v) is 4.23. The van der Waals surface area contributed by atoms with Gasteiger partial charge in [0.2, 0.25) is 0 Å². The van der Waals surface area contributed by atoms with Gasteiger partial charge < -0.3 is 14.8 Å². The Morgan fingerprint density at radius 2 is 1.93 bits per heavy atom. The quantitative estimate of drug-likeness (QED) is 0.670. The van der Waals surface area contributed by atoms with Crippen LogP contribution < -0.4 is 14.8 Å². The summed E-state index contributed by atoms with van der Waals surface area (Å²) in [5.41, 5.74) is 4.03. The number of likely N-dealkylation sites (N-methyl/N-ethyl adjacent to an activating group) is 1. The van der Waals surface area contributed by atoms with Gasteiger partial charge in [-0.25, -0.2) is 4.98 Å². The summed E-state index contributed by atoms with van der Waals surface area (Å²) >= 11 is 0. The number of ether oxygens (including phenoxy) is 2. The van der Waals surface area contributed by atoms with Crippen molar-refractivity contribution < 1.29 is 14.3 Å². The smallest absolute Gasteiger partial charge is 0.257 e. The normalized spacial score (nSPS) is 11.0. The first kappa shape index (κ1) is 19.4. The van der Waals surface area contributed by atoms with Crippen molar-refractivity contribution in [1.29, 1.82) is 0 Å². The molecule has 0 fully saturated rings. The Morgan fingerprint density at radius 1 is 1.07 bits per heavy atom. The largest absolute Gasteiger partial charge is 0.493 e. The SMILES string of the molecule is CCNC(=O)COc1ccc(/C=C/c2ccc3cc(C)ccc3n2)cc1OC. The third kappa shape index (κ3) is 4.88. The Balaban J connectivity index is 1.74. The van der Waals surface area contributed by atoms with Crippen molar-refractivity contribution >= 4 is 29.0 Å². The third-order valence-electron chi connectivity index (χ3n) is 4.23. The van der Waals surface area contributed by atoms with E-state index in [1.807, 2.05) is 43.3 Å². The second-order valence-corrected chi connectivity index (χ2v) is 6.42. The standard InChI is InChI=1S/C23H24N2O3/c1-4-24-23(26)15-28-21-12-7-17(14-22(21)27-3)6-9-19-10-8-18-13-16(2)5-11-20(18)25-19/h5-14H,4,15H2,1-3H3,(H,24,26)/b9-6+. The number of aromatic nitrogens is 1. The van der Waals surface area contributed by atoms with Crippen LogP contribution in [0, 0.1) is 6.92 Å². The van der Waals surface area contributed by atoms with E-state index >= 15 is 0 Å². The van der Waals surface area contributed by atoms with Gasteiger partial charge in [0.15, 0.2) is 18.1 Å². The van der Waals surface area contributed by atoms with Crippen molar-refractivity contribution in [2.24, 2.45) is 0 Å². The molecule has 1 aromatic heterocycles. The Hall–Kier alpha value is -3.34. The minimum Gasteiger partial charge on any atom is -0.493 e. The van der Waals surface area contributed by atoms with Gasteiger partial charge in [-0.1, -0.05) is 29.8 Å². The molecule has 0 aliphatic heterocycles. The fourth-order valence-electron chi connectivity index (χ4n) is 2.83. The van der Waals surface area contributed by atoms with E-state index in [0.717, 1.165) is 22.2 Å². The number of nitrogens with one attached hydrogen (secondary N) is 1. The van der Waals surface area contributed by atoms with Crippen LogP contribution in [0.4, 0.5) is 0 Å². The summed E-state index contributed by atoms with van der Waals surface area (Å²) in [5.74, 6) is 0.949. The molecule has 1 heterocycles. The van der Waals surface area contributed by atoms with Gasteiger partial charge in [-0.15, -0.1) is 0 Å². The number of rotatable bonds is 7. The van der Waals surface area contributed by atoms with Crippen LogP contribution in [0.2, 0.25) is 0 Å². The molecule has 0 bridgehead atoms. The predicted octanol–water partition coefficient (Wildman–Crippen LogP) is 4.24. The Kier molecular flexibility index (Phi) is 6.27. The number of carbonyl (C=O) groups is 1. The van der Waals surface area contributed by atoms with Crippen LogP contribution in [0.15, 0.2) is 48.5 Å². The van der Waals surface area contributed by atoms with Crippen LogP contribution in [0.5, 0.6) is 11.5 Å². The topological polar surface area (TPSA) is 60.5 Å². The highest BCUT2D eigenvalue weighted by Gasteiger charge is 2.07. The Bertz CT molecular complexity index is 1010. The average molecular weight is 376 g/mol. The van der Waals surface area contributed by atoms with Crippen molar-refractivity contribution in [2.45, 2.75) is 13.8 Å². The number of aryl methyl sites for hydroxylation is 1. The highest BCUT2D eigenvalue weighted by atomic mass is 16.5. The van der Waals surface area contributed by atoms with Crippen LogP contribution in [-0.2, 0) is 4.79 Å². The molecule has 1 N–H and O–H groups in total. The van der Waals surface area contributed by atoms with Gasteiger partial charge in [-0.05, 0) is 55.8 Å². The summed E-state index contributed by atoms with van der Waals surface area (Å²) < 4.78 is 10.9. The lowest BCUT2D eigenvalue weighted by molar-refractivity contribution is -0.123. The molecule has 5 nitrogen and oxygen atoms in total. The van der Waals surface area contributed by atoms with Crippen molar-refractivity contribution in [2.75, 3.05) is 20.3 Å². The number of amides is 1. The maximum Gasteiger partial charge on any atom is 0.257 e. The molecule has 0 saturated heterocycles. The molecule has 144 valence electrons. The monoisotopic (exact) mass is 376 g/mol. The lowest BCUT2D eigenvalue weighted by atomic mass is 10.1. The molecule has 0 saturated carbocycles. The van der Waals surface area contributed by atoms with Gasteiger partial charge in [0, 0.05) is 11.9 Å². The average Bonchev–Trinajstić information content (AvgIpc) is 2.71. The molecule has 1 amide bonds. The number of pyridine rings is 1. The molecule has 0 aliphatic rings. The van der Waals surface area contributed by atoms with E-state index < -0.39 is 0 Å². The molecule has 3 rings (SSSR count). The van der Waals surface area contributed by atoms with E-state index in [1.54, 1.807) is 13.2 Å². The minimum atomic E-state index is -0.161. The molecule has 28 heavy (non-hydrogen) atoms. The molecule has 2 aromatic carbocycles. The number of nitrogens with zero attached hydrogens (tertiary/aromatic N) is 1. The summed E-state index contributed by atoms with van der Waals surface area (Å²) in [5, 5.41) is 3.83. The van der Waals surface area contributed by atoms with Crippen molar-refractivity contribution in [3.8, 4) is 11.5 Å². The lowest BCUT2D eigenvalue weighted by Crippen LogP contribution is -2.28. The van der Waals surface area contributed by atoms with Crippen LogP contribution in [0.25, 0.3) is 23.1 Å². The molecule has 5 heteroatoms. The van der Waals surface area contributed by atoms with E-state index in [-0.39, 0.29) is 12.5 Å². The second-order valence-electron chi connectivity index (χ2n) is 6.42. The number of methoxy groups -OCH3 is 1. The summed E-state index contributed by atoms with van der Waals surface area (Å²) in [6.07, 6.45) is 3.93. The van der Waals surface area contributed by atoms with Crippen LogP contribution >= 0.6 is 0 Å². The number of fused-ring (bicyclic) bond motifs is 1. The fourth-order valence-corrected chi connectivity index (χ4v) is 2.83. The molecule has 0 unspecified atom stereocenters. The molecule has 0 radical (unpaired) electrons. The van der Waals surface area contributed by atoms with Crippen molar-refractivity contribution in [3.05, 3.63) is 65.4 Å². The number of carbonyl (C=O) groups excluding carboxylic acids is 1. The first-order valence-corrected chi connectivity index (χ1v) is 9.22. The van der Waals surface area contributed by atoms with Crippen molar-refractivity contribution in [3.63, 3.8) is 0 Å². The van der Waals surface area contributed by atoms with Crippen molar-refractivity contribution in [1.82, 2.24) is 10.3 Å². The van der Waals surface area contributed by atoms with Gasteiger partial charge in [0.05, 0.1) is 18.3 Å². The predicted molar refractivity (Wildman–Crippen MR) is 113 cm³/mol. The zero-order chi connectivity index (χ0) is 19.9. The van der Waals surface area contributed by atoms with Crippen LogP contribution in [0.1, 0.15) is 23.7 Å². The first-order valence-electron chi connectivity index (χ1n) is 9.22. The maximum absolute atomic E-state index is 11.6. The van der Waals surface area contributed by atoms with Gasteiger partial charge >= 0.3 is 0 Å². The van der Waals surface area contributed by atoms with E-state index in [1.165, 1.54) is 5.56 Å². The summed E-state index contributed by atoms with van der Waals surface area (Å²) in [6, 6.07) is 15.9. The Labute approximate surface area is 165 Å². The van der Waals surface area contributed by atoms with E-state index in [4.69, 9.17) is 9.47 Å². The highest BCUT2D eigenvalue weighted by Crippen LogP contribution is 2.28. The van der Waals surface area contributed by atoms with Crippen LogP contribution in [0.3, 0.4) is 0 Å². The lowest BCUT2D eigenvalue weighted by Gasteiger charge is -2.11. The molecule has 0 aliphatic carbocycles. The number of hydrogen-bond acceptors (Lipinski definition) is 4. The van der Waals surface area contributed by atoms with E-state index in [2.05, 4.69) is 35.4 Å². The van der Waals surface area contributed by atoms with Gasteiger partial charge in [-0.3, -0.25) is 4.79 Å². The molecule has 3 aromatic rings. The van der Waals surface area contributed by atoms with Gasteiger partial charge in [0.1, 0.15) is 0 Å². The zero-order valence-corrected chi connectivity index (χ0v) is 16.4. The summed E-state index contributed by atoms with van der Waals surface area (Å²) in [4.78, 5) is 16.2.